The summed E-state index contributed by atoms with van der Waals surface area (Å²) >= 11 is 0. The number of halogens is 2. The van der Waals surface area contributed by atoms with Crippen molar-refractivity contribution in [2.24, 2.45) is 0 Å². The van der Waals surface area contributed by atoms with Gasteiger partial charge in [0.05, 0.1) is 12.6 Å². The van der Waals surface area contributed by atoms with Gasteiger partial charge in [-0.3, -0.25) is 9.59 Å². The third-order valence-electron chi connectivity index (χ3n) is 5.99. The van der Waals surface area contributed by atoms with Gasteiger partial charge in [-0.25, -0.2) is 4.39 Å². The highest BCUT2D eigenvalue weighted by molar-refractivity contribution is 6.01. The lowest BCUT2D eigenvalue weighted by molar-refractivity contribution is -0.128. The summed E-state index contributed by atoms with van der Waals surface area (Å²) in [5.41, 5.74) is 2.24. The summed E-state index contributed by atoms with van der Waals surface area (Å²) in [6.45, 7) is 1.84. The maximum absolute atomic E-state index is 14.9. The van der Waals surface area contributed by atoms with Crippen molar-refractivity contribution in [3.63, 3.8) is 0 Å². The Morgan fingerprint density at radius 3 is 2.62 bits per heavy atom. The first-order valence-corrected chi connectivity index (χ1v) is 10.5. The van der Waals surface area contributed by atoms with Crippen LogP contribution in [0.5, 0.6) is 0 Å². The first-order valence-electron chi connectivity index (χ1n) is 10.5. The number of likely N-dealkylation sites (N-methyl/N-ethyl adjacent to an activating group) is 1. The molecule has 4 rings (SSSR count). The number of hydrogen-bond donors (Lipinski definition) is 2. The molecule has 0 aromatic heterocycles. The molecule has 0 radical (unpaired) electrons. The van der Waals surface area contributed by atoms with Crippen molar-refractivity contribution in [2.75, 3.05) is 11.9 Å². The van der Waals surface area contributed by atoms with E-state index in [1.54, 1.807) is 24.9 Å². The number of amides is 2. The standard InChI is InChI=1S/C25H26FN3O2.ClH/c1-16(27-2)24(30)28-22-14-12-18-8-4-6-10-23(18)29(25(22)31)15-20-19-9-5-3-7-17(19)11-13-21(20)26;/h3-11,13,16,22,27H,12,14-15H2,1-2H3,(H,28,30);1H. The second kappa shape index (κ2) is 10.1. The molecule has 0 saturated carbocycles. The summed E-state index contributed by atoms with van der Waals surface area (Å²) in [5, 5.41) is 7.47. The van der Waals surface area contributed by atoms with Crippen LogP contribution >= 0.6 is 12.4 Å². The van der Waals surface area contributed by atoms with Gasteiger partial charge >= 0.3 is 0 Å². The highest BCUT2D eigenvalue weighted by atomic mass is 35.5. The van der Waals surface area contributed by atoms with Crippen LogP contribution in [0, 0.1) is 5.82 Å². The van der Waals surface area contributed by atoms with Crippen LogP contribution in [0.2, 0.25) is 0 Å². The second-order valence-corrected chi connectivity index (χ2v) is 7.91. The maximum Gasteiger partial charge on any atom is 0.249 e. The monoisotopic (exact) mass is 455 g/mol. The number of aryl methyl sites for hydroxylation is 1. The predicted octanol–water partition coefficient (Wildman–Crippen LogP) is 3.97. The number of rotatable bonds is 5. The van der Waals surface area contributed by atoms with Gasteiger partial charge in [0, 0.05) is 11.3 Å². The molecule has 2 N–H and O–H groups in total. The van der Waals surface area contributed by atoms with Crippen molar-refractivity contribution in [1.82, 2.24) is 10.6 Å². The quantitative estimate of drug-likeness (QED) is 0.612. The molecule has 1 heterocycles. The second-order valence-electron chi connectivity index (χ2n) is 7.91. The Morgan fingerprint density at radius 1 is 1.12 bits per heavy atom. The van der Waals surface area contributed by atoms with Crippen LogP contribution < -0.4 is 15.5 Å². The van der Waals surface area contributed by atoms with Gasteiger partial charge in [-0.1, -0.05) is 48.5 Å². The molecule has 5 nitrogen and oxygen atoms in total. The Bertz CT molecular complexity index is 1140. The number of nitrogens with one attached hydrogen (secondary N) is 2. The number of nitrogens with zero attached hydrogens (tertiary/aromatic N) is 1. The molecular formula is C25H27ClFN3O2. The summed E-state index contributed by atoms with van der Waals surface area (Å²) < 4.78 is 14.9. The summed E-state index contributed by atoms with van der Waals surface area (Å²) in [4.78, 5) is 27.7. The molecular weight excluding hydrogens is 429 g/mol. The molecule has 3 aromatic carbocycles. The van der Waals surface area contributed by atoms with Gasteiger partial charge in [0.1, 0.15) is 11.9 Å². The molecule has 0 saturated heterocycles. The number of fused-ring (bicyclic) bond motifs is 2. The highest BCUT2D eigenvalue weighted by Crippen LogP contribution is 2.31. The third-order valence-corrected chi connectivity index (χ3v) is 5.99. The molecule has 0 aliphatic carbocycles. The summed E-state index contributed by atoms with van der Waals surface area (Å²) in [5.74, 6) is -0.811. The summed E-state index contributed by atoms with van der Waals surface area (Å²) in [6.07, 6.45) is 1.14. The maximum atomic E-state index is 14.9. The molecule has 0 bridgehead atoms. The third kappa shape index (κ3) is 4.61. The lowest BCUT2D eigenvalue weighted by Gasteiger charge is -2.27. The molecule has 7 heteroatoms. The highest BCUT2D eigenvalue weighted by Gasteiger charge is 2.32. The number of carbonyl (C=O) groups excluding carboxylic acids is 2. The average Bonchev–Trinajstić information content (AvgIpc) is 2.92. The van der Waals surface area contributed by atoms with E-state index in [4.69, 9.17) is 0 Å². The van der Waals surface area contributed by atoms with E-state index in [0.717, 1.165) is 22.0 Å². The van der Waals surface area contributed by atoms with E-state index in [0.29, 0.717) is 18.4 Å². The van der Waals surface area contributed by atoms with Gasteiger partial charge in [-0.2, -0.15) is 0 Å². The summed E-state index contributed by atoms with van der Waals surface area (Å²) in [6, 6.07) is 17.4. The fourth-order valence-corrected chi connectivity index (χ4v) is 4.07. The van der Waals surface area contributed by atoms with E-state index in [-0.39, 0.29) is 36.6 Å². The van der Waals surface area contributed by atoms with E-state index < -0.39 is 12.1 Å². The smallest absolute Gasteiger partial charge is 0.249 e. The molecule has 0 fully saturated rings. The van der Waals surface area contributed by atoms with Crippen molar-refractivity contribution in [2.45, 2.75) is 38.4 Å². The van der Waals surface area contributed by atoms with Gasteiger partial charge in [-0.05, 0) is 55.3 Å². The van der Waals surface area contributed by atoms with Crippen LogP contribution in [-0.2, 0) is 22.6 Å². The Morgan fingerprint density at radius 2 is 1.84 bits per heavy atom. The van der Waals surface area contributed by atoms with Gasteiger partial charge < -0.3 is 15.5 Å². The van der Waals surface area contributed by atoms with Crippen molar-refractivity contribution in [1.29, 1.82) is 0 Å². The minimum Gasteiger partial charge on any atom is -0.343 e. The van der Waals surface area contributed by atoms with Gasteiger partial charge in [-0.15, -0.1) is 12.4 Å². The Labute approximate surface area is 193 Å². The predicted molar refractivity (Wildman–Crippen MR) is 128 cm³/mol. The molecule has 168 valence electrons. The minimum absolute atomic E-state index is 0. The Hall–Kier alpha value is -2.96. The van der Waals surface area contributed by atoms with E-state index in [9.17, 15) is 14.0 Å². The van der Waals surface area contributed by atoms with E-state index >= 15 is 0 Å². The topological polar surface area (TPSA) is 61.4 Å². The van der Waals surface area contributed by atoms with Crippen LogP contribution in [0.4, 0.5) is 10.1 Å². The SMILES string of the molecule is CNC(C)C(=O)NC1CCc2ccccc2N(Cc2c(F)ccc3ccccc23)C1=O.Cl. The molecule has 0 spiro atoms. The van der Waals surface area contributed by atoms with Crippen molar-refractivity contribution < 1.29 is 14.0 Å². The number of para-hydroxylation sites is 1. The Balaban J connectivity index is 0.00000289. The molecule has 2 unspecified atom stereocenters. The van der Waals surface area contributed by atoms with Gasteiger partial charge in [0.25, 0.3) is 0 Å². The molecule has 2 atom stereocenters. The molecule has 1 aliphatic rings. The first kappa shape index (κ1) is 23.7. The van der Waals surface area contributed by atoms with Crippen molar-refractivity contribution >= 4 is 40.7 Å². The van der Waals surface area contributed by atoms with Crippen molar-refractivity contribution in [3.8, 4) is 0 Å². The normalized spacial score (nSPS) is 16.7. The molecule has 1 aliphatic heterocycles. The fraction of sp³-hybridized carbons (Fsp3) is 0.280. The number of carbonyl (C=O) groups is 2. The zero-order chi connectivity index (χ0) is 22.0. The lowest BCUT2D eigenvalue weighted by atomic mass is 10.0. The minimum atomic E-state index is -0.672. The van der Waals surface area contributed by atoms with Crippen LogP contribution in [-0.4, -0.2) is 30.9 Å². The zero-order valence-corrected chi connectivity index (χ0v) is 18.9. The number of hydrogen-bond acceptors (Lipinski definition) is 3. The van der Waals surface area contributed by atoms with E-state index in [1.807, 2.05) is 48.5 Å². The molecule has 32 heavy (non-hydrogen) atoms. The van der Waals surface area contributed by atoms with Gasteiger partial charge in [0.15, 0.2) is 0 Å². The average molecular weight is 456 g/mol. The molecule has 2 amide bonds. The number of benzene rings is 3. The van der Waals surface area contributed by atoms with E-state index in [1.165, 1.54) is 6.07 Å². The van der Waals surface area contributed by atoms with Crippen LogP contribution in [0.25, 0.3) is 10.8 Å². The van der Waals surface area contributed by atoms with E-state index in [2.05, 4.69) is 10.6 Å². The van der Waals surface area contributed by atoms with Gasteiger partial charge in [0.2, 0.25) is 11.8 Å². The van der Waals surface area contributed by atoms with Crippen LogP contribution in [0.3, 0.4) is 0 Å². The largest absolute Gasteiger partial charge is 0.343 e. The Kier molecular flexibility index (Phi) is 7.48. The van der Waals surface area contributed by atoms with Crippen LogP contribution in [0.15, 0.2) is 60.7 Å². The molecule has 3 aromatic rings. The zero-order valence-electron chi connectivity index (χ0n) is 18.1. The summed E-state index contributed by atoms with van der Waals surface area (Å²) in [7, 11) is 1.70. The first-order chi connectivity index (χ1) is 15.0. The number of anilines is 1. The lowest BCUT2D eigenvalue weighted by Crippen LogP contribution is -2.52. The van der Waals surface area contributed by atoms with Crippen molar-refractivity contribution in [3.05, 3.63) is 77.6 Å². The van der Waals surface area contributed by atoms with Crippen LogP contribution in [0.1, 0.15) is 24.5 Å². The fourth-order valence-electron chi connectivity index (χ4n) is 4.07.